The molecule has 6 aromatic rings. The third kappa shape index (κ3) is 3.76. The average molecular weight is 461 g/mol. The van der Waals surface area contributed by atoms with E-state index >= 15 is 0 Å². The van der Waals surface area contributed by atoms with Gasteiger partial charge in [0.2, 0.25) is 11.5 Å². The van der Waals surface area contributed by atoms with Gasteiger partial charge in [-0.3, -0.25) is 14.2 Å². The molecule has 0 aliphatic heterocycles. The van der Waals surface area contributed by atoms with Crippen LogP contribution in [0.5, 0.6) is 0 Å². The number of anilines is 1. The highest BCUT2D eigenvalue weighted by molar-refractivity contribution is 6.01. The number of para-hydroxylation sites is 2. The van der Waals surface area contributed by atoms with Crippen LogP contribution < -0.4 is 10.9 Å². The van der Waals surface area contributed by atoms with Crippen molar-refractivity contribution in [3.05, 3.63) is 108 Å². The first-order valence-electron chi connectivity index (χ1n) is 11.0. The summed E-state index contributed by atoms with van der Waals surface area (Å²) < 4.78 is 8.62. The minimum Gasteiger partial charge on any atom is -0.448 e. The number of fused-ring (bicyclic) bond motifs is 3. The summed E-state index contributed by atoms with van der Waals surface area (Å²) in [5.41, 5.74) is 3.21. The lowest BCUT2D eigenvalue weighted by Gasteiger charge is -2.09. The maximum atomic E-state index is 13.0. The number of rotatable bonds is 5. The number of aromatic nitrogens is 4. The molecule has 0 atom stereocenters. The summed E-state index contributed by atoms with van der Waals surface area (Å²) in [4.78, 5) is 30.4. The monoisotopic (exact) mass is 461 g/mol. The number of nitrogens with one attached hydrogen (secondary N) is 1. The molecule has 6 rings (SSSR count). The van der Waals surface area contributed by atoms with E-state index in [1.165, 1.54) is 10.9 Å². The summed E-state index contributed by atoms with van der Waals surface area (Å²) in [6, 6.07) is 28.4. The van der Waals surface area contributed by atoms with Gasteiger partial charge in [0.25, 0.3) is 5.56 Å². The fourth-order valence-corrected chi connectivity index (χ4v) is 4.05. The normalized spacial score (nSPS) is 11.2. The van der Waals surface area contributed by atoms with Crippen LogP contribution >= 0.6 is 0 Å². The zero-order chi connectivity index (χ0) is 23.8. The lowest BCUT2D eigenvalue weighted by molar-refractivity contribution is -0.116. The van der Waals surface area contributed by atoms with Gasteiger partial charge in [-0.05, 0) is 24.3 Å². The van der Waals surface area contributed by atoms with E-state index in [-0.39, 0.29) is 18.0 Å². The number of carbonyl (C=O) groups is 1. The molecule has 0 fully saturated rings. The Morgan fingerprint density at radius 2 is 1.63 bits per heavy atom. The van der Waals surface area contributed by atoms with Crippen LogP contribution in [0.25, 0.3) is 39.0 Å². The van der Waals surface area contributed by atoms with Crippen LogP contribution in [0.15, 0.2) is 107 Å². The summed E-state index contributed by atoms with van der Waals surface area (Å²) in [7, 11) is 0. The van der Waals surface area contributed by atoms with Crippen LogP contribution in [0.3, 0.4) is 0 Å². The third-order valence-electron chi connectivity index (χ3n) is 5.71. The van der Waals surface area contributed by atoms with Crippen molar-refractivity contribution in [2.45, 2.75) is 6.54 Å². The van der Waals surface area contributed by atoms with Crippen molar-refractivity contribution in [1.82, 2.24) is 19.3 Å². The molecule has 3 aromatic carbocycles. The van der Waals surface area contributed by atoms with Crippen molar-refractivity contribution < 1.29 is 9.21 Å². The second-order valence-corrected chi connectivity index (χ2v) is 8.03. The molecule has 0 bridgehead atoms. The summed E-state index contributed by atoms with van der Waals surface area (Å²) in [6.07, 6.45) is 1.37. The number of nitrogens with zero attached hydrogens (tertiary/aromatic N) is 4. The van der Waals surface area contributed by atoms with Crippen LogP contribution in [0.2, 0.25) is 0 Å². The second kappa shape index (κ2) is 8.42. The van der Waals surface area contributed by atoms with E-state index in [0.29, 0.717) is 22.6 Å². The summed E-state index contributed by atoms with van der Waals surface area (Å²) in [5.74, 6) is 0.104. The van der Waals surface area contributed by atoms with Crippen molar-refractivity contribution in [3.63, 3.8) is 0 Å². The van der Waals surface area contributed by atoms with Crippen LogP contribution in [0.4, 0.5) is 5.82 Å². The third-order valence-corrected chi connectivity index (χ3v) is 5.71. The highest BCUT2D eigenvalue weighted by atomic mass is 16.3. The van der Waals surface area contributed by atoms with Crippen molar-refractivity contribution in [1.29, 1.82) is 0 Å². The largest absolute Gasteiger partial charge is 0.448 e. The van der Waals surface area contributed by atoms with E-state index in [2.05, 4.69) is 10.3 Å². The Hall–Kier alpha value is -4.98. The number of hydrogen-bond donors (Lipinski definition) is 1. The van der Waals surface area contributed by atoms with Gasteiger partial charge in [0.05, 0.1) is 17.7 Å². The molecule has 0 spiro atoms. The molecule has 8 nitrogen and oxygen atoms in total. The molecule has 3 heterocycles. The Kier molecular flexibility index (Phi) is 4.96. The predicted molar refractivity (Wildman–Crippen MR) is 133 cm³/mol. The molecule has 3 aromatic heterocycles. The second-order valence-electron chi connectivity index (χ2n) is 8.03. The number of amides is 1. The number of benzene rings is 3. The lowest BCUT2D eigenvalue weighted by atomic mass is 10.2. The minimum absolute atomic E-state index is 0.127. The van der Waals surface area contributed by atoms with Gasteiger partial charge in [-0.25, -0.2) is 9.67 Å². The van der Waals surface area contributed by atoms with Crippen LogP contribution in [-0.4, -0.2) is 25.2 Å². The maximum absolute atomic E-state index is 13.0. The van der Waals surface area contributed by atoms with E-state index < -0.39 is 5.56 Å². The first-order valence-corrected chi connectivity index (χ1v) is 11.0. The van der Waals surface area contributed by atoms with Crippen LogP contribution in [0, 0.1) is 0 Å². The fourth-order valence-electron chi connectivity index (χ4n) is 4.05. The Balaban J connectivity index is 1.33. The Bertz CT molecular complexity index is 1730. The Labute approximate surface area is 199 Å². The fraction of sp³-hybridized carbons (Fsp3) is 0.0370. The topological polar surface area (TPSA) is 94.9 Å². The molecular formula is C27H19N5O3. The van der Waals surface area contributed by atoms with E-state index in [1.54, 1.807) is 10.7 Å². The van der Waals surface area contributed by atoms with E-state index in [9.17, 15) is 9.59 Å². The van der Waals surface area contributed by atoms with Gasteiger partial charge < -0.3 is 9.73 Å². The van der Waals surface area contributed by atoms with Crippen LogP contribution in [-0.2, 0) is 11.3 Å². The predicted octanol–water partition coefficient (Wildman–Crippen LogP) is 4.63. The quantitative estimate of drug-likeness (QED) is 0.404. The molecule has 0 radical (unpaired) electrons. The number of hydrogen-bond acceptors (Lipinski definition) is 5. The molecule has 170 valence electrons. The average Bonchev–Trinajstić information content (AvgIpc) is 3.49. The van der Waals surface area contributed by atoms with E-state index in [0.717, 1.165) is 16.6 Å². The summed E-state index contributed by atoms with van der Waals surface area (Å²) in [5, 5.41) is 8.35. The zero-order valence-electron chi connectivity index (χ0n) is 18.5. The van der Waals surface area contributed by atoms with Gasteiger partial charge in [-0.2, -0.15) is 5.10 Å². The van der Waals surface area contributed by atoms with Crippen molar-refractivity contribution >= 4 is 33.8 Å². The Morgan fingerprint density at radius 1 is 0.914 bits per heavy atom. The zero-order valence-corrected chi connectivity index (χ0v) is 18.5. The Morgan fingerprint density at radius 3 is 2.43 bits per heavy atom. The van der Waals surface area contributed by atoms with E-state index in [1.807, 2.05) is 84.9 Å². The van der Waals surface area contributed by atoms with Gasteiger partial charge in [0.1, 0.15) is 23.5 Å². The molecular weight excluding hydrogens is 442 g/mol. The van der Waals surface area contributed by atoms with Crippen molar-refractivity contribution in [2.24, 2.45) is 0 Å². The van der Waals surface area contributed by atoms with Gasteiger partial charge in [0.15, 0.2) is 0 Å². The molecule has 35 heavy (non-hydrogen) atoms. The number of furan rings is 1. The molecule has 0 saturated heterocycles. The molecule has 0 aliphatic carbocycles. The number of carbonyl (C=O) groups excluding carboxylic acids is 1. The lowest BCUT2D eigenvalue weighted by Crippen LogP contribution is -2.28. The highest BCUT2D eigenvalue weighted by Crippen LogP contribution is 2.26. The van der Waals surface area contributed by atoms with Gasteiger partial charge in [-0.15, -0.1) is 0 Å². The van der Waals surface area contributed by atoms with Gasteiger partial charge in [0, 0.05) is 17.0 Å². The minimum atomic E-state index is -0.414. The van der Waals surface area contributed by atoms with E-state index in [4.69, 9.17) is 9.52 Å². The first kappa shape index (κ1) is 20.6. The highest BCUT2D eigenvalue weighted by Gasteiger charge is 2.17. The molecule has 0 aliphatic rings. The standard InChI is InChI=1S/C27H19N5O3/c33-24(16-31-17-28-25-20-13-7-8-14-22(20)35-26(25)27(31)34)29-23-15-21(18-9-3-1-4-10-18)30-32(23)19-11-5-2-6-12-19/h1-15,17H,16H2,(H,29,33). The molecule has 1 amide bonds. The maximum Gasteiger partial charge on any atom is 0.297 e. The van der Waals surface area contributed by atoms with Crippen molar-refractivity contribution in [2.75, 3.05) is 5.32 Å². The smallest absolute Gasteiger partial charge is 0.297 e. The van der Waals surface area contributed by atoms with Gasteiger partial charge in [-0.1, -0.05) is 60.7 Å². The summed E-state index contributed by atoms with van der Waals surface area (Å²) in [6.45, 7) is -0.223. The molecule has 1 N–H and O–H groups in total. The molecule has 0 unspecified atom stereocenters. The first-order chi connectivity index (χ1) is 17.2. The van der Waals surface area contributed by atoms with Crippen LogP contribution in [0.1, 0.15) is 0 Å². The molecule has 0 saturated carbocycles. The van der Waals surface area contributed by atoms with Crippen molar-refractivity contribution in [3.8, 4) is 16.9 Å². The molecule has 8 heteroatoms. The van der Waals surface area contributed by atoms with Gasteiger partial charge >= 0.3 is 0 Å². The summed E-state index contributed by atoms with van der Waals surface area (Å²) >= 11 is 0. The SMILES string of the molecule is O=C(Cn1cnc2c(oc3ccccc32)c1=O)Nc1cc(-c2ccccc2)nn1-c1ccccc1.